The zero-order valence-electron chi connectivity index (χ0n) is 19.1. The van der Waals surface area contributed by atoms with Crippen LogP contribution in [0.15, 0.2) is 47.7 Å². The number of hydrogen-bond acceptors (Lipinski definition) is 4. The van der Waals surface area contributed by atoms with E-state index in [0.717, 1.165) is 17.9 Å². The lowest BCUT2D eigenvalue weighted by Gasteiger charge is -2.35. The summed E-state index contributed by atoms with van der Waals surface area (Å²) in [6, 6.07) is 10.1. The minimum absolute atomic E-state index is 0.0786. The van der Waals surface area contributed by atoms with Crippen LogP contribution in [0.3, 0.4) is 0 Å². The van der Waals surface area contributed by atoms with Gasteiger partial charge in [0.25, 0.3) is 11.5 Å². The molecule has 0 unspecified atom stereocenters. The second kappa shape index (κ2) is 7.33. The van der Waals surface area contributed by atoms with Crippen molar-refractivity contribution >= 4 is 5.91 Å². The number of imidazole rings is 1. The van der Waals surface area contributed by atoms with E-state index >= 15 is 0 Å². The standard InChI is InChI=1S/C26H28N4O3/c1-17-14-29(16-27-17)21-4-5-22-24(31)28(10-11-30(22)25(21)32)15-18-7-12-33-23-6-3-19(13-20(18)23)26(2)8-9-26/h3-6,13-14,16,18H,7-12,15H2,1-2H3/t18-/m1/s1. The molecule has 3 aliphatic rings. The maximum Gasteiger partial charge on any atom is 0.275 e. The molecule has 0 saturated heterocycles. The van der Waals surface area contributed by atoms with Crippen LogP contribution in [0.2, 0.25) is 0 Å². The smallest absolute Gasteiger partial charge is 0.275 e. The zero-order chi connectivity index (χ0) is 22.7. The third-order valence-electron chi connectivity index (χ3n) is 7.56. The van der Waals surface area contributed by atoms with Crippen molar-refractivity contribution in [1.29, 1.82) is 0 Å². The molecule has 0 spiro atoms. The Morgan fingerprint density at radius 3 is 2.76 bits per heavy atom. The summed E-state index contributed by atoms with van der Waals surface area (Å²) in [5, 5.41) is 0. The van der Waals surface area contributed by atoms with Crippen LogP contribution in [-0.4, -0.2) is 44.6 Å². The molecule has 1 aromatic carbocycles. The molecule has 2 aliphatic heterocycles. The van der Waals surface area contributed by atoms with E-state index in [-0.39, 0.29) is 17.4 Å². The number of carbonyl (C=O) groups excluding carboxylic acids is 1. The average Bonchev–Trinajstić information content (AvgIpc) is 3.43. The lowest BCUT2D eigenvalue weighted by Crippen LogP contribution is -2.46. The molecule has 2 aromatic heterocycles. The summed E-state index contributed by atoms with van der Waals surface area (Å²) in [7, 11) is 0. The summed E-state index contributed by atoms with van der Waals surface area (Å²) in [6.07, 6.45) is 6.80. The molecule has 33 heavy (non-hydrogen) atoms. The maximum absolute atomic E-state index is 13.4. The Morgan fingerprint density at radius 1 is 1.15 bits per heavy atom. The molecular weight excluding hydrogens is 416 g/mol. The zero-order valence-corrected chi connectivity index (χ0v) is 19.1. The fraction of sp³-hybridized carbons (Fsp3) is 0.423. The van der Waals surface area contributed by atoms with E-state index in [4.69, 9.17) is 4.74 Å². The van der Waals surface area contributed by atoms with Crippen molar-refractivity contribution in [2.75, 3.05) is 19.7 Å². The van der Waals surface area contributed by atoms with Crippen molar-refractivity contribution in [2.45, 2.75) is 51.0 Å². The van der Waals surface area contributed by atoms with Gasteiger partial charge in [0, 0.05) is 31.7 Å². The summed E-state index contributed by atoms with van der Waals surface area (Å²) >= 11 is 0. The minimum Gasteiger partial charge on any atom is -0.493 e. The van der Waals surface area contributed by atoms with Crippen molar-refractivity contribution in [2.24, 2.45) is 0 Å². The molecule has 1 aliphatic carbocycles. The highest BCUT2D eigenvalue weighted by molar-refractivity contribution is 5.93. The molecule has 0 N–H and O–H groups in total. The van der Waals surface area contributed by atoms with Crippen LogP contribution in [-0.2, 0) is 12.0 Å². The Hall–Kier alpha value is -3.35. The molecule has 170 valence electrons. The first kappa shape index (κ1) is 20.3. The van der Waals surface area contributed by atoms with Gasteiger partial charge in [-0.15, -0.1) is 0 Å². The number of ether oxygens (including phenoxy) is 1. The summed E-state index contributed by atoms with van der Waals surface area (Å²) < 4.78 is 9.26. The second-order valence-corrected chi connectivity index (χ2v) is 9.88. The highest BCUT2D eigenvalue weighted by Gasteiger charge is 2.40. The number of aromatic nitrogens is 3. The number of fused-ring (bicyclic) bond motifs is 2. The van der Waals surface area contributed by atoms with Gasteiger partial charge < -0.3 is 18.8 Å². The van der Waals surface area contributed by atoms with E-state index < -0.39 is 0 Å². The number of pyridine rings is 1. The molecule has 1 fully saturated rings. The van der Waals surface area contributed by atoms with Gasteiger partial charge in [0.1, 0.15) is 17.1 Å². The number of carbonyl (C=O) groups is 1. The molecule has 7 nitrogen and oxygen atoms in total. The van der Waals surface area contributed by atoms with Crippen LogP contribution in [0.25, 0.3) is 5.69 Å². The average molecular weight is 445 g/mol. The number of benzene rings is 1. The van der Waals surface area contributed by atoms with Gasteiger partial charge in [-0.05, 0) is 60.9 Å². The first-order valence-electron chi connectivity index (χ1n) is 11.7. The normalized spacial score (nSPS) is 20.7. The van der Waals surface area contributed by atoms with Crippen LogP contribution in [0.1, 0.15) is 59.4 Å². The van der Waals surface area contributed by atoms with Gasteiger partial charge in [0.05, 0.1) is 18.6 Å². The molecule has 6 rings (SSSR count). The Balaban J connectivity index is 1.27. The van der Waals surface area contributed by atoms with Crippen molar-refractivity contribution < 1.29 is 9.53 Å². The van der Waals surface area contributed by atoms with Crippen LogP contribution < -0.4 is 10.3 Å². The van der Waals surface area contributed by atoms with Crippen molar-refractivity contribution in [3.63, 3.8) is 0 Å². The predicted molar refractivity (Wildman–Crippen MR) is 124 cm³/mol. The Bertz CT molecular complexity index is 1320. The summed E-state index contributed by atoms with van der Waals surface area (Å²) in [6.45, 7) is 6.54. The van der Waals surface area contributed by atoms with E-state index in [1.54, 1.807) is 27.6 Å². The lowest BCUT2D eigenvalue weighted by atomic mass is 9.87. The first-order chi connectivity index (χ1) is 15.9. The molecule has 3 aromatic rings. The number of amides is 1. The molecule has 0 radical (unpaired) electrons. The van der Waals surface area contributed by atoms with Gasteiger partial charge in [-0.2, -0.15) is 0 Å². The summed E-state index contributed by atoms with van der Waals surface area (Å²) in [4.78, 5) is 32.6. The van der Waals surface area contributed by atoms with Crippen molar-refractivity contribution in [3.8, 4) is 11.4 Å². The summed E-state index contributed by atoms with van der Waals surface area (Å²) in [5.41, 5.74) is 4.54. The molecule has 1 atom stereocenters. The Labute approximate surface area is 192 Å². The maximum atomic E-state index is 13.4. The molecule has 1 saturated carbocycles. The highest BCUT2D eigenvalue weighted by atomic mass is 16.5. The molecule has 4 heterocycles. The van der Waals surface area contributed by atoms with Crippen LogP contribution in [0, 0.1) is 6.92 Å². The van der Waals surface area contributed by atoms with E-state index in [2.05, 4.69) is 30.1 Å². The van der Waals surface area contributed by atoms with Crippen LogP contribution >= 0.6 is 0 Å². The van der Waals surface area contributed by atoms with E-state index in [1.165, 1.54) is 24.0 Å². The SMILES string of the molecule is Cc1cn(-c2ccc3n(c2=O)CCN(C[C@H]2CCOc4ccc(C5(C)CC5)cc42)C3=O)cn1. The van der Waals surface area contributed by atoms with Gasteiger partial charge in [-0.3, -0.25) is 9.59 Å². The minimum atomic E-state index is -0.156. The molecule has 1 amide bonds. The van der Waals surface area contributed by atoms with Crippen LogP contribution in [0.5, 0.6) is 5.75 Å². The quantitative estimate of drug-likeness (QED) is 0.618. The monoisotopic (exact) mass is 444 g/mol. The van der Waals surface area contributed by atoms with Gasteiger partial charge in [0.15, 0.2) is 0 Å². The highest BCUT2D eigenvalue weighted by Crippen LogP contribution is 2.49. The van der Waals surface area contributed by atoms with Crippen molar-refractivity contribution in [1.82, 2.24) is 19.0 Å². The van der Waals surface area contributed by atoms with E-state index in [1.807, 2.05) is 18.0 Å². The lowest BCUT2D eigenvalue weighted by molar-refractivity contribution is 0.0678. The number of aryl methyl sites for hydroxylation is 1. The fourth-order valence-electron chi connectivity index (χ4n) is 5.16. The van der Waals surface area contributed by atoms with Crippen LogP contribution in [0.4, 0.5) is 0 Å². The Kier molecular flexibility index (Phi) is 4.50. The Morgan fingerprint density at radius 2 is 2.00 bits per heavy atom. The summed E-state index contributed by atoms with van der Waals surface area (Å²) in [5.74, 6) is 1.11. The molecule has 0 bridgehead atoms. The number of nitrogens with zero attached hydrogens (tertiary/aromatic N) is 4. The van der Waals surface area contributed by atoms with Gasteiger partial charge >= 0.3 is 0 Å². The van der Waals surface area contributed by atoms with Gasteiger partial charge in [-0.1, -0.05) is 19.1 Å². The first-order valence-corrected chi connectivity index (χ1v) is 11.7. The van der Waals surface area contributed by atoms with E-state index in [0.29, 0.717) is 43.0 Å². The van der Waals surface area contributed by atoms with Gasteiger partial charge in [0.2, 0.25) is 0 Å². The molecular formula is C26H28N4O3. The fourth-order valence-corrected chi connectivity index (χ4v) is 5.16. The third-order valence-corrected chi connectivity index (χ3v) is 7.56. The number of rotatable bonds is 4. The third kappa shape index (κ3) is 3.37. The topological polar surface area (TPSA) is 69.4 Å². The predicted octanol–water partition coefficient (Wildman–Crippen LogP) is 3.42. The van der Waals surface area contributed by atoms with Gasteiger partial charge in [-0.25, -0.2) is 4.98 Å². The second-order valence-electron chi connectivity index (χ2n) is 9.88. The van der Waals surface area contributed by atoms with E-state index in [9.17, 15) is 9.59 Å². The molecule has 7 heteroatoms. The van der Waals surface area contributed by atoms with Crippen molar-refractivity contribution in [3.05, 3.63) is 75.7 Å². The number of hydrogen-bond donors (Lipinski definition) is 0. The largest absolute Gasteiger partial charge is 0.493 e.